The summed E-state index contributed by atoms with van der Waals surface area (Å²) in [5.74, 6) is 0.794. The van der Waals surface area contributed by atoms with Crippen molar-refractivity contribution in [1.82, 2.24) is 0 Å². The van der Waals surface area contributed by atoms with E-state index in [0.29, 0.717) is 18.1 Å². The maximum atomic E-state index is 9.03. The summed E-state index contributed by atoms with van der Waals surface area (Å²) in [5, 5.41) is 17.6. The molecule has 0 saturated heterocycles. The highest BCUT2D eigenvalue weighted by Gasteiger charge is 2.02. The van der Waals surface area contributed by atoms with Gasteiger partial charge in [0.05, 0.1) is 5.76 Å². The first-order chi connectivity index (χ1) is 4.70. The van der Waals surface area contributed by atoms with Crippen molar-refractivity contribution in [2.45, 2.75) is 26.7 Å². The van der Waals surface area contributed by atoms with E-state index in [1.807, 2.05) is 6.92 Å². The Labute approximate surface area is 62.2 Å². The van der Waals surface area contributed by atoms with Crippen LogP contribution in [0.4, 0.5) is 0 Å². The standard InChI is InChI=1S/C8H16O2/c1-3-8(10)6-7(2)4-5-9/h3,7,9-10H,4-6H2,1-2H3. The van der Waals surface area contributed by atoms with Crippen molar-refractivity contribution in [2.24, 2.45) is 5.92 Å². The fourth-order valence-electron chi connectivity index (χ4n) is 0.797. The first kappa shape index (κ1) is 9.50. The van der Waals surface area contributed by atoms with E-state index < -0.39 is 0 Å². The minimum absolute atomic E-state index is 0.207. The van der Waals surface area contributed by atoms with Crippen molar-refractivity contribution in [2.75, 3.05) is 6.61 Å². The molecule has 0 aromatic heterocycles. The summed E-state index contributed by atoms with van der Waals surface area (Å²) in [7, 11) is 0. The van der Waals surface area contributed by atoms with Crippen LogP contribution >= 0.6 is 0 Å². The Morgan fingerprint density at radius 1 is 1.60 bits per heavy atom. The molecule has 0 saturated carbocycles. The van der Waals surface area contributed by atoms with E-state index in [-0.39, 0.29) is 6.61 Å². The van der Waals surface area contributed by atoms with Gasteiger partial charge in [-0.2, -0.15) is 0 Å². The molecule has 2 nitrogen and oxygen atoms in total. The molecule has 0 aliphatic rings. The minimum atomic E-state index is 0.207. The lowest BCUT2D eigenvalue weighted by Gasteiger charge is -2.07. The molecule has 0 aliphatic heterocycles. The molecule has 0 aromatic rings. The van der Waals surface area contributed by atoms with Gasteiger partial charge in [-0.15, -0.1) is 0 Å². The molecule has 0 fully saturated rings. The van der Waals surface area contributed by atoms with Gasteiger partial charge in [-0.05, 0) is 25.3 Å². The fraction of sp³-hybridized carbons (Fsp3) is 0.750. The molecule has 0 aliphatic carbocycles. The summed E-state index contributed by atoms with van der Waals surface area (Å²) < 4.78 is 0. The monoisotopic (exact) mass is 144 g/mol. The Morgan fingerprint density at radius 2 is 2.20 bits per heavy atom. The largest absolute Gasteiger partial charge is 0.513 e. The number of hydrogen-bond donors (Lipinski definition) is 2. The fourth-order valence-corrected chi connectivity index (χ4v) is 0.797. The van der Waals surface area contributed by atoms with Gasteiger partial charge in [-0.1, -0.05) is 6.92 Å². The number of aliphatic hydroxyl groups is 2. The number of rotatable bonds is 4. The quantitative estimate of drug-likeness (QED) is 0.591. The number of aliphatic hydroxyl groups excluding tert-OH is 2. The highest BCUT2D eigenvalue weighted by Crippen LogP contribution is 2.11. The second-order valence-electron chi connectivity index (χ2n) is 2.60. The van der Waals surface area contributed by atoms with Gasteiger partial charge in [0.2, 0.25) is 0 Å². The molecule has 0 rings (SSSR count). The molecule has 10 heavy (non-hydrogen) atoms. The van der Waals surface area contributed by atoms with Gasteiger partial charge >= 0.3 is 0 Å². The smallest absolute Gasteiger partial charge is 0.0882 e. The van der Waals surface area contributed by atoms with E-state index in [1.165, 1.54) is 0 Å². The van der Waals surface area contributed by atoms with Crippen molar-refractivity contribution in [3.63, 3.8) is 0 Å². The zero-order valence-electron chi connectivity index (χ0n) is 6.67. The molecule has 2 heteroatoms. The highest BCUT2D eigenvalue weighted by atomic mass is 16.3. The van der Waals surface area contributed by atoms with Gasteiger partial charge in [0.25, 0.3) is 0 Å². The van der Waals surface area contributed by atoms with Crippen molar-refractivity contribution < 1.29 is 10.2 Å². The van der Waals surface area contributed by atoms with Crippen LogP contribution in [0.2, 0.25) is 0 Å². The molecule has 0 heterocycles. The molecule has 60 valence electrons. The van der Waals surface area contributed by atoms with E-state index in [0.717, 1.165) is 6.42 Å². The molecule has 0 bridgehead atoms. The Kier molecular flexibility index (Phi) is 5.03. The topological polar surface area (TPSA) is 40.5 Å². The molecular weight excluding hydrogens is 128 g/mol. The van der Waals surface area contributed by atoms with Crippen LogP contribution in [0.1, 0.15) is 26.7 Å². The Bertz CT molecular complexity index is 108. The van der Waals surface area contributed by atoms with E-state index in [2.05, 4.69) is 0 Å². The van der Waals surface area contributed by atoms with Gasteiger partial charge in [0, 0.05) is 13.0 Å². The zero-order chi connectivity index (χ0) is 7.98. The third kappa shape index (κ3) is 4.39. The molecule has 0 radical (unpaired) electrons. The van der Waals surface area contributed by atoms with Crippen LogP contribution in [-0.4, -0.2) is 16.8 Å². The van der Waals surface area contributed by atoms with Crippen molar-refractivity contribution in [3.8, 4) is 0 Å². The third-order valence-electron chi connectivity index (χ3n) is 1.51. The van der Waals surface area contributed by atoms with E-state index >= 15 is 0 Å². The zero-order valence-corrected chi connectivity index (χ0v) is 6.67. The van der Waals surface area contributed by atoms with Crippen LogP contribution in [0.25, 0.3) is 0 Å². The molecule has 2 N–H and O–H groups in total. The van der Waals surface area contributed by atoms with Gasteiger partial charge in [0.15, 0.2) is 0 Å². The van der Waals surface area contributed by atoms with Crippen molar-refractivity contribution in [3.05, 3.63) is 11.8 Å². The minimum Gasteiger partial charge on any atom is -0.513 e. The first-order valence-corrected chi connectivity index (χ1v) is 3.65. The molecule has 1 atom stereocenters. The van der Waals surface area contributed by atoms with Gasteiger partial charge in [0.1, 0.15) is 0 Å². The molecule has 0 aromatic carbocycles. The van der Waals surface area contributed by atoms with Gasteiger partial charge in [-0.25, -0.2) is 0 Å². The Balaban J connectivity index is 3.47. The maximum Gasteiger partial charge on any atom is 0.0882 e. The van der Waals surface area contributed by atoms with Crippen LogP contribution in [0.15, 0.2) is 11.8 Å². The summed E-state index contributed by atoms with van der Waals surface area (Å²) in [4.78, 5) is 0. The lowest BCUT2D eigenvalue weighted by molar-refractivity contribution is 0.252. The predicted molar refractivity (Wildman–Crippen MR) is 41.9 cm³/mol. The average Bonchev–Trinajstić information content (AvgIpc) is 1.88. The molecule has 0 amide bonds. The molecule has 0 spiro atoms. The van der Waals surface area contributed by atoms with Crippen LogP contribution in [0.3, 0.4) is 0 Å². The Hall–Kier alpha value is -0.500. The first-order valence-electron chi connectivity index (χ1n) is 3.65. The van der Waals surface area contributed by atoms with E-state index in [1.54, 1.807) is 13.0 Å². The summed E-state index contributed by atoms with van der Waals surface area (Å²) in [6.07, 6.45) is 3.13. The van der Waals surface area contributed by atoms with Gasteiger partial charge < -0.3 is 10.2 Å². The third-order valence-corrected chi connectivity index (χ3v) is 1.51. The van der Waals surface area contributed by atoms with E-state index in [9.17, 15) is 0 Å². The molecular formula is C8H16O2. The lowest BCUT2D eigenvalue weighted by Crippen LogP contribution is -1.99. The second-order valence-corrected chi connectivity index (χ2v) is 2.60. The van der Waals surface area contributed by atoms with Crippen molar-refractivity contribution in [1.29, 1.82) is 0 Å². The van der Waals surface area contributed by atoms with Crippen LogP contribution in [0.5, 0.6) is 0 Å². The van der Waals surface area contributed by atoms with E-state index in [4.69, 9.17) is 10.2 Å². The van der Waals surface area contributed by atoms with Crippen LogP contribution in [0, 0.1) is 5.92 Å². The summed E-state index contributed by atoms with van der Waals surface area (Å²) in [5.41, 5.74) is 0. The second kappa shape index (κ2) is 5.30. The predicted octanol–water partition coefficient (Wildman–Crippen LogP) is 1.86. The average molecular weight is 144 g/mol. The Morgan fingerprint density at radius 3 is 2.60 bits per heavy atom. The van der Waals surface area contributed by atoms with Gasteiger partial charge in [-0.3, -0.25) is 0 Å². The van der Waals surface area contributed by atoms with Crippen LogP contribution in [-0.2, 0) is 0 Å². The summed E-state index contributed by atoms with van der Waals surface area (Å²) in [6, 6.07) is 0. The number of allylic oxidation sites excluding steroid dienone is 2. The van der Waals surface area contributed by atoms with Crippen molar-refractivity contribution >= 4 is 0 Å². The normalized spacial score (nSPS) is 15.3. The highest BCUT2D eigenvalue weighted by molar-refractivity contribution is 4.88. The van der Waals surface area contributed by atoms with Crippen LogP contribution < -0.4 is 0 Å². The number of hydrogen-bond acceptors (Lipinski definition) is 2. The maximum absolute atomic E-state index is 9.03. The summed E-state index contributed by atoms with van der Waals surface area (Å²) >= 11 is 0. The lowest BCUT2D eigenvalue weighted by atomic mass is 10.0. The summed E-state index contributed by atoms with van der Waals surface area (Å²) in [6.45, 7) is 4.02. The SMILES string of the molecule is CC=C(O)CC(C)CCO. The molecule has 1 unspecified atom stereocenters.